The molecule has 19 heavy (non-hydrogen) atoms. The van der Waals surface area contributed by atoms with Crippen molar-refractivity contribution in [3.63, 3.8) is 0 Å². The minimum atomic E-state index is 0.588. The SMILES string of the molecule is Cc1cc(C)c(C#N)c(Nc2cccc(Br)c2C)n1. The van der Waals surface area contributed by atoms with Crippen LogP contribution in [-0.4, -0.2) is 4.98 Å². The van der Waals surface area contributed by atoms with Gasteiger partial charge >= 0.3 is 0 Å². The molecule has 1 heterocycles. The predicted molar refractivity (Wildman–Crippen MR) is 80.6 cm³/mol. The summed E-state index contributed by atoms with van der Waals surface area (Å²) in [5.41, 5.74) is 4.46. The average molecular weight is 316 g/mol. The monoisotopic (exact) mass is 315 g/mol. The van der Waals surface area contributed by atoms with Gasteiger partial charge in [-0.2, -0.15) is 5.26 Å². The number of pyridine rings is 1. The highest BCUT2D eigenvalue weighted by Gasteiger charge is 2.10. The zero-order valence-electron chi connectivity index (χ0n) is 11.1. The first-order valence-electron chi connectivity index (χ1n) is 5.93. The van der Waals surface area contributed by atoms with Crippen LogP contribution in [-0.2, 0) is 0 Å². The van der Waals surface area contributed by atoms with Crippen molar-refractivity contribution in [3.05, 3.63) is 51.1 Å². The van der Waals surface area contributed by atoms with Crippen LogP contribution in [0.1, 0.15) is 22.4 Å². The number of hydrogen-bond donors (Lipinski definition) is 1. The summed E-state index contributed by atoms with van der Waals surface area (Å²) >= 11 is 3.50. The van der Waals surface area contributed by atoms with Gasteiger partial charge in [-0.05, 0) is 50.1 Å². The van der Waals surface area contributed by atoms with Crippen molar-refractivity contribution < 1.29 is 0 Å². The lowest BCUT2D eigenvalue weighted by Gasteiger charge is -2.13. The molecule has 0 unspecified atom stereocenters. The number of nitriles is 1. The quantitative estimate of drug-likeness (QED) is 0.894. The van der Waals surface area contributed by atoms with Gasteiger partial charge in [0.15, 0.2) is 0 Å². The Morgan fingerprint density at radius 1 is 1.26 bits per heavy atom. The molecule has 0 saturated heterocycles. The summed E-state index contributed by atoms with van der Waals surface area (Å²) in [5.74, 6) is 0.612. The summed E-state index contributed by atoms with van der Waals surface area (Å²) < 4.78 is 1.03. The van der Waals surface area contributed by atoms with Gasteiger partial charge in [-0.25, -0.2) is 4.98 Å². The third-order valence-corrected chi connectivity index (χ3v) is 3.84. The van der Waals surface area contributed by atoms with Crippen LogP contribution < -0.4 is 5.32 Å². The van der Waals surface area contributed by atoms with Crippen LogP contribution in [0.5, 0.6) is 0 Å². The van der Waals surface area contributed by atoms with Crippen molar-refractivity contribution >= 4 is 27.4 Å². The fourth-order valence-electron chi connectivity index (χ4n) is 1.94. The molecule has 2 aromatic rings. The second-order valence-electron chi connectivity index (χ2n) is 4.45. The molecule has 0 saturated carbocycles. The fraction of sp³-hybridized carbons (Fsp3) is 0.200. The molecule has 0 aliphatic carbocycles. The van der Waals surface area contributed by atoms with Crippen LogP contribution in [0.15, 0.2) is 28.7 Å². The molecule has 0 atom stereocenters. The molecule has 0 fully saturated rings. The van der Waals surface area contributed by atoms with Gasteiger partial charge in [-0.15, -0.1) is 0 Å². The van der Waals surface area contributed by atoms with Crippen molar-refractivity contribution in [2.75, 3.05) is 5.32 Å². The normalized spacial score (nSPS) is 10.1. The van der Waals surface area contributed by atoms with Gasteiger partial charge in [0.1, 0.15) is 11.9 Å². The highest BCUT2D eigenvalue weighted by molar-refractivity contribution is 9.10. The molecule has 0 aliphatic rings. The number of nitrogens with zero attached hydrogens (tertiary/aromatic N) is 2. The maximum absolute atomic E-state index is 9.25. The van der Waals surface area contributed by atoms with E-state index in [0.717, 1.165) is 27.0 Å². The molecule has 96 valence electrons. The molecule has 1 aromatic heterocycles. The van der Waals surface area contributed by atoms with E-state index in [9.17, 15) is 5.26 Å². The Kier molecular flexibility index (Phi) is 3.87. The van der Waals surface area contributed by atoms with Crippen molar-refractivity contribution in [1.29, 1.82) is 5.26 Å². The maximum Gasteiger partial charge on any atom is 0.148 e. The van der Waals surface area contributed by atoms with E-state index in [2.05, 4.69) is 32.3 Å². The van der Waals surface area contributed by atoms with Crippen molar-refractivity contribution in [2.24, 2.45) is 0 Å². The first-order valence-corrected chi connectivity index (χ1v) is 6.72. The van der Waals surface area contributed by atoms with Crippen molar-refractivity contribution in [1.82, 2.24) is 4.98 Å². The number of aryl methyl sites for hydroxylation is 2. The molecule has 1 N–H and O–H groups in total. The highest BCUT2D eigenvalue weighted by Crippen LogP contribution is 2.28. The molecular formula is C15H14BrN3. The average Bonchev–Trinajstić information content (AvgIpc) is 2.34. The summed E-state index contributed by atoms with van der Waals surface area (Å²) in [6.45, 7) is 5.86. The second kappa shape index (κ2) is 5.41. The summed E-state index contributed by atoms with van der Waals surface area (Å²) in [4.78, 5) is 4.42. The first kappa shape index (κ1) is 13.6. The van der Waals surface area contributed by atoms with Gasteiger partial charge in [0.2, 0.25) is 0 Å². The Morgan fingerprint density at radius 3 is 2.68 bits per heavy atom. The third-order valence-electron chi connectivity index (χ3n) is 2.98. The predicted octanol–water partition coefficient (Wildman–Crippen LogP) is 4.38. The summed E-state index contributed by atoms with van der Waals surface area (Å²) in [7, 11) is 0. The molecular weight excluding hydrogens is 302 g/mol. The molecule has 1 aromatic carbocycles. The minimum Gasteiger partial charge on any atom is -0.339 e. The van der Waals surface area contributed by atoms with Crippen LogP contribution >= 0.6 is 15.9 Å². The molecule has 0 amide bonds. The van der Waals surface area contributed by atoms with Gasteiger partial charge in [0.05, 0.1) is 5.56 Å². The molecule has 0 radical (unpaired) electrons. The summed E-state index contributed by atoms with van der Waals surface area (Å²) in [5, 5.41) is 12.5. The molecule has 4 heteroatoms. The Bertz CT molecular complexity index is 672. The Labute approximate surface area is 121 Å². The fourth-order valence-corrected chi connectivity index (χ4v) is 2.31. The first-order chi connectivity index (χ1) is 9.02. The lowest BCUT2D eigenvalue weighted by molar-refractivity contribution is 1.16. The van der Waals surface area contributed by atoms with Crippen molar-refractivity contribution in [2.45, 2.75) is 20.8 Å². The number of aromatic nitrogens is 1. The van der Waals surface area contributed by atoms with Gasteiger partial charge < -0.3 is 5.32 Å². The number of hydrogen-bond acceptors (Lipinski definition) is 3. The van der Waals surface area contributed by atoms with Crippen LogP contribution in [0.4, 0.5) is 11.5 Å². The van der Waals surface area contributed by atoms with E-state index in [4.69, 9.17) is 0 Å². The number of nitrogens with one attached hydrogen (secondary N) is 1. The second-order valence-corrected chi connectivity index (χ2v) is 5.31. The van der Waals surface area contributed by atoms with E-state index in [1.54, 1.807) is 0 Å². The topological polar surface area (TPSA) is 48.7 Å². The largest absolute Gasteiger partial charge is 0.339 e. The lowest BCUT2D eigenvalue weighted by Crippen LogP contribution is -2.02. The Hall–Kier alpha value is -1.86. The molecule has 0 spiro atoms. The number of benzene rings is 1. The van der Waals surface area contributed by atoms with Crippen LogP contribution in [0.2, 0.25) is 0 Å². The zero-order chi connectivity index (χ0) is 14.0. The molecule has 0 bridgehead atoms. The minimum absolute atomic E-state index is 0.588. The molecule has 0 aliphatic heterocycles. The van der Waals surface area contributed by atoms with E-state index in [0.29, 0.717) is 11.4 Å². The van der Waals surface area contributed by atoms with Gasteiger partial charge in [-0.3, -0.25) is 0 Å². The van der Waals surface area contributed by atoms with Gasteiger partial charge in [-0.1, -0.05) is 22.0 Å². The van der Waals surface area contributed by atoms with Gasteiger partial charge in [0.25, 0.3) is 0 Å². The van der Waals surface area contributed by atoms with Crippen LogP contribution in [0.25, 0.3) is 0 Å². The molecule has 2 rings (SSSR count). The van der Waals surface area contributed by atoms with E-state index in [-0.39, 0.29) is 0 Å². The Balaban J connectivity index is 2.50. The number of anilines is 2. The van der Waals surface area contributed by atoms with E-state index < -0.39 is 0 Å². The Morgan fingerprint density at radius 2 is 2.00 bits per heavy atom. The summed E-state index contributed by atoms with van der Waals surface area (Å²) in [6.07, 6.45) is 0. The van der Waals surface area contributed by atoms with Crippen molar-refractivity contribution in [3.8, 4) is 6.07 Å². The van der Waals surface area contributed by atoms with Crippen LogP contribution in [0, 0.1) is 32.1 Å². The zero-order valence-corrected chi connectivity index (χ0v) is 12.7. The van der Waals surface area contributed by atoms with E-state index in [1.807, 2.05) is 45.0 Å². The van der Waals surface area contributed by atoms with E-state index in [1.165, 1.54) is 0 Å². The molecule has 3 nitrogen and oxygen atoms in total. The maximum atomic E-state index is 9.25. The highest BCUT2D eigenvalue weighted by atomic mass is 79.9. The number of halogens is 1. The third kappa shape index (κ3) is 2.77. The van der Waals surface area contributed by atoms with E-state index >= 15 is 0 Å². The smallest absolute Gasteiger partial charge is 0.148 e. The number of rotatable bonds is 2. The lowest BCUT2D eigenvalue weighted by atomic mass is 10.1. The standard InChI is InChI=1S/C15H14BrN3/c1-9-7-10(2)18-15(12(9)8-17)19-14-6-4-5-13(16)11(14)3/h4-7H,1-3H3,(H,18,19). The van der Waals surface area contributed by atoms with Gasteiger partial charge in [0, 0.05) is 15.9 Å². The summed E-state index contributed by atoms with van der Waals surface area (Å²) in [6, 6.07) is 10.0. The van der Waals surface area contributed by atoms with Crippen LogP contribution in [0.3, 0.4) is 0 Å².